The Bertz CT molecular complexity index is 1100. The van der Waals surface area contributed by atoms with Crippen molar-refractivity contribution in [2.75, 3.05) is 52.5 Å². The van der Waals surface area contributed by atoms with Crippen LogP contribution in [0.15, 0.2) is 42.5 Å². The molecule has 3 aliphatic rings. The van der Waals surface area contributed by atoms with Gasteiger partial charge in [-0.2, -0.15) is 0 Å². The van der Waals surface area contributed by atoms with E-state index >= 15 is 0 Å². The molecule has 2 aromatic rings. The standard InChI is InChI=1S/C27H34N4O4/c1-27(25(33)31(26(34)28-27)14-13-29-15-17-35-18-16-29)22-9-11-30(12-10-22)24(32)19-21-7-4-6-20-5-2-3-8-23(20)21/h2-8,22H,9-19H2,1H3,(H,28,34). The fourth-order valence-electron chi connectivity index (χ4n) is 5.69. The summed E-state index contributed by atoms with van der Waals surface area (Å²) < 4.78 is 5.37. The number of urea groups is 1. The van der Waals surface area contributed by atoms with Crippen molar-refractivity contribution in [3.05, 3.63) is 48.0 Å². The van der Waals surface area contributed by atoms with Gasteiger partial charge in [-0.3, -0.25) is 19.4 Å². The van der Waals surface area contributed by atoms with Crippen molar-refractivity contribution < 1.29 is 19.1 Å². The van der Waals surface area contributed by atoms with E-state index in [1.807, 2.05) is 36.1 Å². The Morgan fingerprint density at radius 3 is 2.49 bits per heavy atom. The number of ether oxygens (including phenoxy) is 1. The predicted molar refractivity (Wildman–Crippen MR) is 133 cm³/mol. The number of fused-ring (bicyclic) bond motifs is 1. The maximum absolute atomic E-state index is 13.3. The highest BCUT2D eigenvalue weighted by atomic mass is 16.5. The Labute approximate surface area is 206 Å². The summed E-state index contributed by atoms with van der Waals surface area (Å²) in [6.45, 7) is 7.13. The van der Waals surface area contributed by atoms with Crippen LogP contribution in [0.2, 0.25) is 0 Å². The van der Waals surface area contributed by atoms with Crippen LogP contribution in [-0.4, -0.2) is 90.6 Å². The molecule has 1 unspecified atom stereocenters. The molecule has 2 aromatic carbocycles. The Hall–Kier alpha value is -2.97. The Kier molecular flexibility index (Phi) is 6.75. The molecule has 8 heteroatoms. The Balaban J connectivity index is 1.17. The number of hydrogen-bond donors (Lipinski definition) is 1. The number of piperidine rings is 1. The van der Waals surface area contributed by atoms with Gasteiger partial charge in [0.1, 0.15) is 5.54 Å². The molecule has 1 atom stereocenters. The van der Waals surface area contributed by atoms with Crippen LogP contribution in [0.25, 0.3) is 10.8 Å². The van der Waals surface area contributed by atoms with Crippen LogP contribution in [0.3, 0.4) is 0 Å². The molecule has 0 spiro atoms. The van der Waals surface area contributed by atoms with Crippen LogP contribution in [-0.2, 0) is 20.7 Å². The van der Waals surface area contributed by atoms with E-state index in [0.717, 1.165) is 29.4 Å². The van der Waals surface area contributed by atoms with Gasteiger partial charge in [0.25, 0.3) is 5.91 Å². The summed E-state index contributed by atoms with van der Waals surface area (Å²) in [5, 5.41) is 5.23. The molecule has 3 fully saturated rings. The third kappa shape index (κ3) is 4.77. The Morgan fingerprint density at radius 2 is 1.71 bits per heavy atom. The van der Waals surface area contributed by atoms with E-state index in [1.165, 1.54) is 4.90 Å². The number of amides is 4. The third-order valence-corrected chi connectivity index (χ3v) is 7.93. The largest absolute Gasteiger partial charge is 0.379 e. The molecule has 35 heavy (non-hydrogen) atoms. The number of nitrogens with zero attached hydrogens (tertiary/aromatic N) is 3. The van der Waals surface area contributed by atoms with Crippen molar-refractivity contribution in [2.24, 2.45) is 5.92 Å². The second-order valence-corrected chi connectivity index (χ2v) is 10.0. The molecule has 3 heterocycles. The molecule has 1 N–H and O–H groups in total. The van der Waals surface area contributed by atoms with Gasteiger partial charge in [0.2, 0.25) is 5.91 Å². The monoisotopic (exact) mass is 478 g/mol. The first-order valence-corrected chi connectivity index (χ1v) is 12.6. The first-order valence-electron chi connectivity index (χ1n) is 12.6. The Morgan fingerprint density at radius 1 is 1.00 bits per heavy atom. The molecule has 8 nitrogen and oxygen atoms in total. The number of hydrogen-bond acceptors (Lipinski definition) is 5. The summed E-state index contributed by atoms with van der Waals surface area (Å²) >= 11 is 0. The van der Waals surface area contributed by atoms with E-state index in [1.54, 1.807) is 0 Å². The first-order chi connectivity index (χ1) is 17.0. The number of imide groups is 1. The SMILES string of the molecule is CC1(C2CCN(C(=O)Cc3cccc4ccccc34)CC2)NC(=O)N(CCN2CCOCC2)C1=O. The molecule has 3 aliphatic heterocycles. The van der Waals surface area contributed by atoms with Gasteiger partial charge >= 0.3 is 6.03 Å². The summed E-state index contributed by atoms with van der Waals surface area (Å²) in [5.41, 5.74) is 0.128. The quantitative estimate of drug-likeness (QED) is 0.644. The lowest BCUT2D eigenvalue weighted by Gasteiger charge is -2.39. The summed E-state index contributed by atoms with van der Waals surface area (Å²) in [6, 6.07) is 13.9. The second kappa shape index (κ2) is 9.95. The van der Waals surface area contributed by atoms with Gasteiger partial charge in [-0.1, -0.05) is 42.5 Å². The van der Waals surface area contributed by atoms with Crippen molar-refractivity contribution in [1.82, 2.24) is 20.0 Å². The van der Waals surface area contributed by atoms with E-state index in [0.29, 0.717) is 58.7 Å². The maximum Gasteiger partial charge on any atom is 0.325 e. The highest BCUT2D eigenvalue weighted by Gasteiger charge is 2.52. The van der Waals surface area contributed by atoms with Gasteiger partial charge in [0.05, 0.1) is 19.6 Å². The summed E-state index contributed by atoms with van der Waals surface area (Å²) in [5.74, 6) is -0.0240. The smallest absolute Gasteiger partial charge is 0.325 e. The van der Waals surface area contributed by atoms with Crippen molar-refractivity contribution in [3.8, 4) is 0 Å². The molecule has 3 saturated heterocycles. The van der Waals surface area contributed by atoms with Gasteiger partial charge in [-0.15, -0.1) is 0 Å². The topological polar surface area (TPSA) is 82.2 Å². The van der Waals surface area contributed by atoms with Gasteiger partial charge in [0.15, 0.2) is 0 Å². The number of likely N-dealkylation sites (tertiary alicyclic amines) is 1. The molecule has 4 amide bonds. The minimum absolute atomic E-state index is 0.00828. The van der Waals surface area contributed by atoms with Crippen molar-refractivity contribution >= 4 is 28.6 Å². The fourth-order valence-corrected chi connectivity index (χ4v) is 5.69. The van der Waals surface area contributed by atoms with E-state index in [4.69, 9.17) is 4.74 Å². The van der Waals surface area contributed by atoms with Crippen LogP contribution in [0.1, 0.15) is 25.3 Å². The minimum atomic E-state index is -0.910. The number of benzene rings is 2. The average Bonchev–Trinajstić information content (AvgIpc) is 3.11. The lowest BCUT2D eigenvalue weighted by molar-refractivity contribution is -0.135. The summed E-state index contributed by atoms with van der Waals surface area (Å²) in [4.78, 5) is 44.6. The van der Waals surface area contributed by atoms with E-state index < -0.39 is 5.54 Å². The zero-order chi connectivity index (χ0) is 24.4. The number of rotatable bonds is 6. The number of carbonyl (C=O) groups is 3. The van der Waals surface area contributed by atoms with E-state index in [9.17, 15) is 14.4 Å². The molecule has 0 aliphatic carbocycles. The molecular weight excluding hydrogens is 444 g/mol. The maximum atomic E-state index is 13.3. The third-order valence-electron chi connectivity index (χ3n) is 7.93. The van der Waals surface area contributed by atoms with Gasteiger partial charge in [-0.25, -0.2) is 4.79 Å². The van der Waals surface area contributed by atoms with Gasteiger partial charge in [-0.05, 0) is 42.0 Å². The highest BCUT2D eigenvalue weighted by Crippen LogP contribution is 2.33. The summed E-state index contributed by atoms with van der Waals surface area (Å²) in [7, 11) is 0. The zero-order valence-electron chi connectivity index (χ0n) is 20.4. The van der Waals surface area contributed by atoms with Crippen LogP contribution in [0.4, 0.5) is 4.79 Å². The fraction of sp³-hybridized carbons (Fsp3) is 0.519. The van der Waals surface area contributed by atoms with Crippen LogP contribution >= 0.6 is 0 Å². The minimum Gasteiger partial charge on any atom is -0.379 e. The summed E-state index contributed by atoms with van der Waals surface area (Å²) in [6.07, 6.45) is 1.76. The second-order valence-electron chi connectivity index (χ2n) is 10.0. The normalized spacial score (nSPS) is 24.3. The van der Waals surface area contributed by atoms with Gasteiger partial charge in [0, 0.05) is 39.3 Å². The van der Waals surface area contributed by atoms with Crippen LogP contribution in [0, 0.1) is 5.92 Å². The molecular formula is C27H34N4O4. The lowest BCUT2D eigenvalue weighted by Crippen LogP contribution is -2.54. The van der Waals surface area contributed by atoms with Gasteiger partial charge < -0.3 is 15.0 Å². The molecule has 0 radical (unpaired) electrons. The number of carbonyl (C=O) groups excluding carboxylic acids is 3. The molecule has 0 aromatic heterocycles. The zero-order valence-corrected chi connectivity index (χ0v) is 20.4. The lowest BCUT2D eigenvalue weighted by atomic mass is 9.78. The van der Waals surface area contributed by atoms with Crippen molar-refractivity contribution in [1.29, 1.82) is 0 Å². The first kappa shape index (κ1) is 23.8. The van der Waals surface area contributed by atoms with Crippen molar-refractivity contribution in [2.45, 2.75) is 31.7 Å². The van der Waals surface area contributed by atoms with E-state index in [2.05, 4.69) is 28.4 Å². The average molecular weight is 479 g/mol. The number of morpholine rings is 1. The van der Waals surface area contributed by atoms with Crippen LogP contribution in [0.5, 0.6) is 0 Å². The van der Waals surface area contributed by atoms with Crippen molar-refractivity contribution in [3.63, 3.8) is 0 Å². The van der Waals surface area contributed by atoms with E-state index in [-0.39, 0.29) is 23.8 Å². The molecule has 0 saturated carbocycles. The molecule has 186 valence electrons. The number of nitrogens with one attached hydrogen (secondary N) is 1. The van der Waals surface area contributed by atoms with Crippen LogP contribution < -0.4 is 5.32 Å². The highest BCUT2D eigenvalue weighted by molar-refractivity contribution is 6.07. The molecule has 5 rings (SSSR count). The molecule has 0 bridgehead atoms. The predicted octanol–water partition coefficient (Wildman–Crippen LogP) is 2.26.